The minimum Gasteiger partial charge on any atom is -0.356 e. The zero-order chi connectivity index (χ0) is 18.1. The van der Waals surface area contributed by atoms with Gasteiger partial charge in [-0.05, 0) is 26.5 Å². The normalized spacial score (nSPS) is 11.8. The van der Waals surface area contributed by atoms with E-state index in [1.807, 2.05) is 0 Å². The molecule has 0 bridgehead atoms. The number of rotatable bonds is 8. The fourth-order valence-corrected chi connectivity index (χ4v) is 3.43. The monoisotopic (exact) mass is 359 g/mol. The first-order valence-electron chi connectivity index (χ1n) is 8.68. The van der Waals surface area contributed by atoms with Crippen molar-refractivity contribution in [2.24, 2.45) is 4.99 Å². The molecule has 1 aromatic heterocycles. The molecule has 0 unspecified atom stereocenters. The number of aryl methyl sites for hydroxylation is 2. The smallest absolute Gasteiger partial charge is 0.191 e. The van der Waals surface area contributed by atoms with Gasteiger partial charge in [-0.1, -0.05) is 30.3 Å². The van der Waals surface area contributed by atoms with E-state index in [9.17, 15) is 0 Å². The van der Waals surface area contributed by atoms with Crippen molar-refractivity contribution in [3.8, 4) is 0 Å². The second-order valence-corrected chi connectivity index (χ2v) is 7.44. The molecular weight excluding hydrogens is 330 g/mol. The van der Waals surface area contributed by atoms with E-state index in [4.69, 9.17) is 0 Å². The average molecular weight is 360 g/mol. The Labute approximate surface area is 155 Å². The Hall–Kier alpha value is -1.92. The Morgan fingerprint density at radius 3 is 2.52 bits per heavy atom. The Morgan fingerprint density at radius 1 is 1.16 bits per heavy atom. The van der Waals surface area contributed by atoms with Gasteiger partial charge < -0.3 is 15.5 Å². The lowest BCUT2D eigenvalue weighted by Crippen LogP contribution is -2.41. The second kappa shape index (κ2) is 10.2. The van der Waals surface area contributed by atoms with E-state index in [2.05, 4.69) is 76.7 Å². The third-order valence-electron chi connectivity index (χ3n) is 4.01. The molecule has 2 rings (SSSR count). The molecule has 0 aliphatic rings. The van der Waals surface area contributed by atoms with Gasteiger partial charge in [0.2, 0.25) is 0 Å². The van der Waals surface area contributed by atoms with Gasteiger partial charge in [0.25, 0.3) is 0 Å². The largest absolute Gasteiger partial charge is 0.356 e. The number of benzene rings is 1. The molecule has 136 valence electrons. The van der Waals surface area contributed by atoms with Crippen molar-refractivity contribution in [1.82, 2.24) is 20.5 Å². The van der Waals surface area contributed by atoms with Crippen molar-refractivity contribution in [1.29, 1.82) is 0 Å². The first-order chi connectivity index (χ1) is 12.1. The summed E-state index contributed by atoms with van der Waals surface area (Å²) in [5.74, 6) is 0.845. The van der Waals surface area contributed by atoms with Crippen LogP contribution in [0.25, 0.3) is 0 Å². The number of aliphatic imine (C=N–C) groups is 1. The van der Waals surface area contributed by atoms with E-state index in [1.165, 1.54) is 15.4 Å². The standard InChI is InChI=1S/C19H29N5S/c1-15-16(2)25-18(23-15)10-11-21-19(20-3)22-12-13-24(4)14-17-8-6-5-7-9-17/h5-9H,10-14H2,1-4H3,(H2,20,21,22). The number of aromatic nitrogens is 1. The third-order valence-corrected chi connectivity index (χ3v) is 5.14. The highest BCUT2D eigenvalue weighted by Crippen LogP contribution is 2.16. The van der Waals surface area contributed by atoms with Gasteiger partial charge in [-0.3, -0.25) is 4.99 Å². The zero-order valence-corrected chi connectivity index (χ0v) is 16.5. The van der Waals surface area contributed by atoms with Gasteiger partial charge in [0.15, 0.2) is 5.96 Å². The Kier molecular flexibility index (Phi) is 7.88. The summed E-state index contributed by atoms with van der Waals surface area (Å²) in [5, 5.41) is 7.91. The van der Waals surface area contributed by atoms with Gasteiger partial charge in [-0.25, -0.2) is 4.98 Å². The molecule has 0 amide bonds. The molecule has 2 aromatic rings. The molecule has 0 fully saturated rings. The van der Waals surface area contributed by atoms with Crippen LogP contribution >= 0.6 is 11.3 Å². The van der Waals surface area contributed by atoms with E-state index in [0.717, 1.165) is 44.3 Å². The fraction of sp³-hybridized carbons (Fsp3) is 0.474. The predicted molar refractivity (Wildman–Crippen MR) is 107 cm³/mol. The van der Waals surface area contributed by atoms with Gasteiger partial charge in [-0.15, -0.1) is 11.3 Å². The maximum absolute atomic E-state index is 4.57. The lowest BCUT2D eigenvalue weighted by atomic mass is 10.2. The van der Waals surface area contributed by atoms with Crippen LogP contribution in [0.15, 0.2) is 35.3 Å². The summed E-state index contributed by atoms with van der Waals surface area (Å²) in [6, 6.07) is 10.5. The number of thiazole rings is 1. The second-order valence-electron chi connectivity index (χ2n) is 6.15. The van der Waals surface area contributed by atoms with E-state index in [-0.39, 0.29) is 0 Å². The van der Waals surface area contributed by atoms with E-state index < -0.39 is 0 Å². The van der Waals surface area contributed by atoms with Gasteiger partial charge >= 0.3 is 0 Å². The number of likely N-dealkylation sites (N-methyl/N-ethyl adjacent to an activating group) is 1. The van der Waals surface area contributed by atoms with Gasteiger partial charge in [0.05, 0.1) is 10.7 Å². The maximum Gasteiger partial charge on any atom is 0.191 e. The summed E-state index contributed by atoms with van der Waals surface area (Å²) in [4.78, 5) is 12.5. The number of guanidine groups is 1. The van der Waals surface area contributed by atoms with Gasteiger partial charge in [0.1, 0.15) is 0 Å². The number of hydrogen-bond donors (Lipinski definition) is 2. The summed E-state index contributed by atoms with van der Waals surface area (Å²) < 4.78 is 0. The highest BCUT2D eigenvalue weighted by molar-refractivity contribution is 7.11. The van der Waals surface area contributed by atoms with Crippen LogP contribution in [0.4, 0.5) is 0 Å². The molecule has 0 saturated heterocycles. The van der Waals surface area contributed by atoms with Crippen molar-refractivity contribution in [3.63, 3.8) is 0 Å². The van der Waals surface area contributed by atoms with Crippen LogP contribution in [-0.4, -0.2) is 49.6 Å². The Bertz CT molecular complexity index is 646. The molecule has 0 atom stereocenters. The summed E-state index contributed by atoms with van der Waals surface area (Å²) >= 11 is 1.78. The highest BCUT2D eigenvalue weighted by Gasteiger charge is 2.05. The van der Waals surface area contributed by atoms with Crippen LogP contribution < -0.4 is 10.6 Å². The lowest BCUT2D eigenvalue weighted by molar-refractivity contribution is 0.331. The molecule has 0 aliphatic carbocycles. The molecule has 1 aromatic carbocycles. The molecular formula is C19H29N5S. The molecule has 1 heterocycles. The first-order valence-corrected chi connectivity index (χ1v) is 9.50. The molecule has 25 heavy (non-hydrogen) atoms. The van der Waals surface area contributed by atoms with Crippen molar-refractivity contribution >= 4 is 17.3 Å². The SMILES string of the molecule is CN=C(NCCc1nc(C)c(C)s1)NCCN(C)Cc1ccccc1. The number of hydrogen-bond acceptors (Lipinski definition) is 4. The summed E-state index contributed by atoms with van der Waals surface area (Å²) in [6.07, 6.45) is 0.925. The molecule has 6 heteroatoms. The lowest BCUT2D eigenvalue weighted by Gasteiger charge is -2.18. The molecule has 0 radical (unpaired) electrons. The van der Waals surface area contributed by atoms with Crippen LogP contribution in [0, 0.1) is 13.8 Å². The van der Waals surface area contributed by atoms with Gasteiger partial charge in [0, 0.05) is 44.5 Å². The van der Waals surface area contributed by atoms with Crippen LogP contribution in [0.1, 0.15) is 21.1 Å². The Balaban J connectivity index is 1.64. The summed E-state index contributed by atoms with van der Waals surface area (Å²) in [7, 11) is 3.94. The summed E-state index contributed by atoms with van der Waals surface area (Å²) in [6.45, 7) is 7.80. The highest BCUT2D eigenvalue weighted by atomic mass is 32.1. The number of nitrogens with one attached hydrogen (secondary N) is 2. The maximum atomic E-state index is 4.57. The minimum atomic E-state index is 0.839. The molecule has 0 spiro atoms. The molecule has 2 N–H and O–H groups in total. The predicted octanol–water partition coefficient (Wildman–Crippen LogP) is 2.60. The van der Waals surface area contributed by atoms with Crippen molar-refractivity contribution < 1.29 is 0 Å². The van der Waals surface area contributed by atoms with E-state index in [1.54, 1.807) is 18.4 Å². The summed E-state index contributed by atoms with van der Waals surface area (Å²) in [5.41, 5.74) is 2.48. The van der Waals surface area contributed by atoms with Crippen LogP contribution in [0.2, 0.25) is 0 Å². The van der Waals surface area contributed by atoms with Crippen molar-refractivity contribution in [3.05, 3.63) is 51.5 Å². The van der Waals surface area contributed by atoms with E-state index >= 15 is 0 Å². The van der Waals surface area contributed by atoms with Crippen LogP contribution in [0.5, 0.6) is 0 Å². The average Bonchev–Trinajstić information content (AvgIpc) is 2.92. The zero-order valence-electron chi connectivity index (χ0n) is 15.7. The van der Waals surface area contributed by atoms with Crippen LogP contribution in [-0.2, 0) is 13.0 Å². The molecule has 5 nitrogen and oxygen atoms in total. The topological polar surface area (TPSA) is 52.6 Å². The molecule has 0 saturated carbocycles. The van der Waals surface area contributed by atoms with Crippen molar-refractivity contribution in [2.75, 3.05) is 33.7 Å². The third kappa shape index (κ3) is 6.84. The quantitative estimate of drug-likeness (QED) is 0.562. The fourth-order valence-electron chi connectivity index (χ4n) is 2.49. The van der Waals surface area contributed by atoms with E-state index in [0.29, 0.717) is 0 Å². The Morgan fingerprint density at radius 2 is 1.88 bits per heavy atom. The first kappa shape index (κ1) is 19.4. The molecule has 0 aliphatic heterocycles. The minimum absolute atomic E-state index is 0.839. The van der Waals surface area contributed by atoms with Gasteiger partial charge in [-0.2, -0.15) is 0 Å². The number of nitrogens with zero attached hydrogens (tertiary/aromatic N) is 3. The van der Waals surface area contributed by atoms with Crippen molar-refractivity contribution in [2.45, 2.75) is 26.8 Å². The van der Waals surface area contributed by atoms with Crippen LogP contribution in [0.3, 0.4) is 0 Å².